The minimum absolute atomic E-state index is 0.122. The number of fused-ring (bicyclic) bond motifs is 1. The first-order valence-electron chi connectivity index (χ1n) is 13.5. The van der Waals surface area contributed by atoms with Gasteiger partial charge >= 0.3 is 0 Å². The van der Waals surface area contributed by atoms with Crippen molar-refractivity contribution in [1.29, 1.82) is 0 Å². The van der Waals surface area contributed by atoms with E-state index in [9.17, 15) is 55.9 Å². The Morgan fingerprint density at radius 2 is 1.44 bits per heavy atom. The first kappa shape index (κ1) is 32.5. The molecule has 2 aromatic carbocycles. The lowest BCUT2D eigenvalue weighted by atomic mass is 9.98. The summed E-state index contributed by atoms with van der Waals surface area (Å²) in [6.45, 7) is 0.797. The molecule has 10 atom stereocenters. The molecule has 0 saturated carbocycles. The minimum atomic E-state index is -2.00. The van der Waals surface area contributed by atoms with E-state index in [1.807, 2.05) is 0 Å². The van der Waals surface area contributed by atoms with Gasteiger partial charge in [-0.25, -0.2) is 0 Å². The summed E-state index contributed by atoms with van der Waals surface area (Å²) in [7, 11) is 1.18. The van der Waals surface area contributed by atoms with Crippen LogP contribution in [-0.2, 0) is 14.2 Å². The number of aromatic hydroxyl groups is 4. The second-order valence-corrected chi connectivity index (χ2v) is 10.6. The van der Waals surface area contributed by atoms with Crippen LogP contribution in [0.15, 0.2) is 33.5 Å². The number of phenols is 4. The van der Waals surface area contributed by atoms with Crippen molar-refractivity contribution in [3.05, 3.63) is 34.5 Å². The van der Waals surface area contributed by atoms with E-state index in [0.29, 0.717) is 0 Å². The number of hydrogen-bond donors (Lipinski definition) is 10. The molecule has 2 aliphatic heterocycles. The molecule has 0 aliphatic carbocycles. The lowest BCUT2D eigenvalue weighted by Crippen LogP contribution is -2.61. The van der Waals surface area contributed by atoms with Crippen LogP contribution in [0, 0.1) is 0 Å². The highest BCUT2D eigenvalue weighted by atomic mass is 16.7. The minimum Gasteiger partial charge on any atom is -0.508 e. The van der Waals surface area contributed by atoms with Gasteiger partial charge in [0.1, 0.15) is 65.2 Å². The molecule has 3 heterocycles. The maximum atomic E-state index is 13.7. The average Bonchev–Trinajstić information content (AvgIpc) is 2.99. The number of aliphatic hydroxyl groups is 6. The lowest BCUT2D eigenvalue weighted by Gasteiger charge is -2.42. The number of ether oxygens (including phenoxy) is 5. The Bertz CT molecular complexity index is 1610. The van der Waals surface area contributed by atoms with E-state index in [1.54, 1.807) is 0 Å². The van der Waals surface area contributed by atoms with Crippen LogP contribution in [0.2, 0.25) is 0 Å². The van der Waals surface area contributed by atoms with Crippen molar-refractivity contribution in [1.82, 2.24) is 0 Å². The quantitative estimate of drug-likeness (QED) is 0.129. The van der Waals surface area contributed by atoms with Crippen molar-refractivity contribution in [3.8, 4) is 45.8 Å². The molecule has 10 N–H and O–H groups in total. The molecule has 45 heavy (non-hydrogen) atoms. The fourth-order valence-electron chi connectivity index (χ4n) is 5.05. The molecule has 0 bridgehead atoms. The Morgan fingerprint density at radius 1 is 0.778 bits per heavy atom. The first-order valence-corrected chi connectivity index (χ1v) is 13.5. The maximum Gasteiger partial charge on any atom is 0.239 e. The van der Waals surface area contributed by atoms with Crippen molar-refractivity contribution in [2.24, 2.45) is 0 Å². The highest BCUT2D eigenvalue weighted by Crippen LogP contribution is 2.43. The van der Waals surface area contributed by atoms with E-state index in [0.717, 1.165) is 24.3 Å². The molecular formula is C28H32O17. The van der Waals surface area contributed by atoms with E-state index >= 15 is 0 Å². The van der Waals surface area contributed by atoms with Gasteiger partial charge in [-0.15, -0.1) is 0 Å². The van der Waals surface area contributed by atoms with Gasteiger partial charge < -0.3 is 79.2 Å². The van der Waals surface area contributed by atoms with Gasteiger partial charge in [0, 0.05) is 17.7 Å². The van der Waals surface area contributed by atoms with E-state index in [-0.39, 0.29) is 16.9 Å². The number of rotatable bonds is 7. The largest absolute Gasteiger partial charge is 0.508 e. The Morgan fingerprint density at radius 3 is 2.13 bits per heavy atom. The molecule has 0 amide bonds. The Labute approximate surface area is 252 Å². The van der Waals surface area contributed by atoms with Gasteiger partial charge in [-0.3, -0.25) is 4.79 Å². The van der Waals surface area contributed by atoms with Crippen LogP contribution in [0.4, 0.5) is 0 Å². The first-order chi connectivity index (χ1) is 21.2. The van der Waals surface area contributed by atoms with Crippen LogP contribution in [0.3, 0.4) is 0 Å². The predicted molar refractivity (Wildman–Crippen MR) is 147 cm³/mol. The lowest BCUT2D eigenvalue weighted by molar-refractivity contribution is -0.318. The molecule has 17 nitrogen and oxygen atoms in total. The highest BCUT2D eigenvalue weighted by molar-refractivity contribution is 5.88. The zero-order valence-corrected chi connectivity index (χ0v) is 23.6. The van der Waals surface area contributed by atoms with Crippen molar-refractivity contribution >= 4 is 11.0 Å². The van der Waals surface area contributed by atoms with E-state index in [1.165, 1.54) is 14.0 Å². The third-order valence-electron chi connectivity index (χ3n) is 7.59. The van der Waals surface area contributed by atoms with Gasteiger partial charge in [-0.05, 0) is 19.1 Å². The summed E-state index contributed by atoms with van der Waals surface area (Å²) < 4.78 is 33.0. The molecule has 3 aromatic rings. The van der Waals surface area contributed by atoms with Crippen molar-refractivity contribution in [2.45, 2.75) is 68.3 Å². The van der Waals surface area contributed by atoms with Crippen molar-refractivity contribution in [3.63, 3.8) is 0 Å². The van der Waals surface area contributed by atoms with Crippen LogP contribution >= 0.6 is 0 Å². The number of aliphatic hydroxyl groups excluding tert-OH is 6. The Balaban J connectivity index is 1.51. The normalized spacial score (nSPS) is 32.0. The van der Waals surface area contributed by atoms with Gasteiger partial charge in [-0.2, -0.15) is 0 Å². The zero-order chi connectivity index (χ0) is 32.9. The fraction of sp³-hybridized carbons (Fsp3) is 0.464. The number of methoxy groups -OCH3 is 1. The second-order valence-electron chi connectivity index (χ2n) is 10.6. The predicted octanol–water partition coefficient (Wildman–Crippen LogP) is -1.68. The molecule has 2 fully saturated rings. The maximum absolute atomic E-state index is 13.7. The number of phenolic OH excluding ortho intramolecular Hbond substituents is 4. The average molecular weight is 641 g/mol. The van der Waals surface area contributed by atoms with Crippen LogP contribution in [0.1, 0.15) is 6.92 Å². The summed E-state index contributed by atoms with van der Waals surface area (Å²) in [5.41, 5.74) is -1.51. The second kappa shape index (κ2) is 12.5. The SMILES string of the molecule is COc1cc(-c2oc3cc(O)cc(O)c3c(=O)c2O[C@@H]2OC(CO[C@@H]3O[C@@H](C)[C@H](O)[C@@H](O)[C@H]3O)[C@@H](O)[C@H](O)[C@H]2O)cc(O)c1O. The topological polar surface area (TPSA) is 279 Å². The summed E-state index contributed by atoms with van der Waals surface area (Å²) in [6.07, 6.45) is -16.3. The van der Waals surface area contributed by atoms with Gasteiger partial charge in [0.25, 0.3) is 0 Å². The summed E-state index contributed by atoms with van der Waals surface area (Å²) >= 11 is 0. The molecule has 0 spiro atoms. The molecule has 246 valence electrons. The smallest absolute Gasteiger partial charge is 0.239 e. The fourth-order valence-corrected chi connectivity index (χ4v) is 5.05. The van der Waals surface area contributed by atoms with E-state index in [2.05, 4.69) is 0 Å². The monoisotopic (exact) mass is 640 g/mol. The molecule has 17 heteroatoms. The van der Waals surface area contributed by atoms with Gasteiger partial charge in [0.15, 0.2) is 23.5 Å². The van der Waals surface area contributed by atoms with Crippen LogP contribution in [0.5, 0.6) is 34.5 Å². The van der Waals surface area contributed by atoms with Gasteiger partial charge in [-0.1, -0.05) is 0 Å². The van der Waals surface area contributed by atoms with Crippen LogP contribution < -0.4 is 14.9 Å². The zero-order valence-electron chi connectivity index (χ0n) is 23.6. The Hall–Kier alpha value is -3.91. The molecule has 2 aliphatic rings. The third-order valence-corrected chi connectivity index (χ3v) is 7.59. The summed E-state index contributed by atoms with van der Waals surface area (Å²) in [5, 5.41) is 102. The molecule has 1 unspecified atom stereocenters. The third kappa shape index (κ3) is 5.92. The number of benzene rings is 2. The van der Waals surface area contributed by atoms with Crippen molar-refractivity contribution < 1.29 is 79.2 Å². The van der Waals surface area contributed by atoms with Gasteiger partial charge in [0.05, 0.1) is 19.8 Å². The standard InChI is InChI=1S/C28H32O17/c1-8-17(32)21(36)23(38)27(42-8)41-7-15-19(34)22(37)24(39)28(44-15)45-26-20(35)16-11(30)5-10(29)6-13(16)43-25(26)9-3-12(31)18(33)14(4-9)40-2/h3-6,8,15,17,19,21-24,27-34,36-39H,7H2,1-2H3/t8-,15?,17-,19+,21+,22-,23+,24+,27+,28-/m0/s1. The number of hydrogen-bond acceptors (Lipinski definition) is 17. The van der Waals surface area contributed by atoms with E-state index < -0.39 is 113 Å². The summed E-state index contributed by atoms with van der Waals surface area (Å²) in [4.78, 5) is 13.7. The molecular weight excluding hydrogens is 608 g/mol. The summed E-state index contributed by atoms with van der Waals surface area (Å²) in [5.74, 6) is -3.96. The van der Waals surface area contributed by atoms with Crippen LogP contribution in [-0.4, -0.2) is 126 Å². The molecule has 2 saturated heterocycles. The molecule has 5 rings (SSSR count). The molecule has 1 aromatic heterocycles. The van der Waals surface area contributed by atoms with Crippen LogP contribution in [0.25, 0.3) is 22.3 Å². The Kier molecular flexibility index (Phi) is 9.00. The summed E-state index contributed by atoms with van der Waals surface area (Å²) in [6, 6.07) is 4.01. The highest BCUT2D eigenvalue weighted by Gasteiger charge is 2.48. The van der Waals surface area contributed by atoms with Crippen molar-refractivity contribution in [2.75, 3.05) is 13.7 Å². The molecule has 0 radical (unpaired) electrons. The van der Waals surface area contributed by atoms with Gasteiger partial charge in [0.2, 0.25) is 23.2 Å². The van der Waals surface area contributed by atoms with E-state index in [4.69, 9.17) is 28.1 Å².